The first-order chi connectivity index (χ1) is 8.84. The molecule has 4 unspecified atom stereocenters. The molecule has 0 bridgehead atoms. The second-order valence-corrected chi connectivity index (χ2v) is 6.82. The van der Waals surface area contributed by atoms with Crippen LogP contribution in [0.25, 0.3) is 0 Å². The first-order valence-electron chi connectivity index (χ1n) is 7.69. The Bertz CT molecular complexity index is 291. The lowest BCUT2D eigenvalue weighted by Gasteiger charge is -2.44. The molecule has 4 fully saturated rings. The molecule has 102 valence electrons. The molecule has 0 aromatic rings. The van der Waals surface area contributed by atoms with Gasteiger partial charge in [-0.3, -0.25) is 0 Å². The third kappa shape index (κ3) is 2.59. The Morgan fingerprint density at radius 2 is 1.44 bits per heavy atom. The molecule has 3 saturated heterocycles. The maximum atomic E-state index is 5.54. The van der Waals surface area contributed by atoms with E-state index in [1.807, 2.05) is 0 Å². The van der Waals surface area contributed by atoms with Crippen LogP contribution >= 0.6 is 0 Å². The fourth-order valence-corrected chi connectivity index (χ4v) is 4.17. The van der Waals surface area contributed by atoms with Crippen LogP contribution in [0.2, 0.25) is 0 Å². The van der Waals surface area contributed by atoms with Crippen LogP contribution in [0.5, 0.6) is 0 Å². The average Bonchev–Trinajstić information content (AvgIpc) is 3.20. The minimum atomic E-state index is 0.506. The molecule has 3 heterocycles. The minimum absolute atomic E-state index is 0.506. The smallest absolute Gasteiger partial charge is 0.0815 e. The molecular weight excluding hydrogens is 228 g/mol. The van der Waals surface area contributed by atoms with E-state index in [1.165, 1.54) is 44.9 Å². The lowest BCUT2D eigenvalue weighted by molar-refractivity contribution is 0.0427. The van der Waals surface area contributed by atoms with Crippen molar-refractivity contribution in [3.05, 3.63) is 0 Å². The maximum absolute atomic E-state index is 5.54. The normalized spacial score (nSPS) is 50.0. The van der Waals surface area contributed by atoms with Gasteiger partial charge in [0.15, 0.2) is 0 Å². The van der Waals surface area contributed by atoms with Crippen LogP contribution in [0, 0.1) is 11.3 Å². The van der Waals surface area contributed by atoms with E-state index in [-0.39, 0.29) is 0 Å². The summed E-state index contributed by atoms with van der Waals surface area (Å²) in [5, 5.41) is 0. The molecule has 0 aromatic carbocycles. The summed E-state index contributed by atoms with van der Waals surface area (Å²) < 4.78 is 16.6. The molecule has 4 aliphatic rings. The van der Waals surface area contributed by atoms with Gasteiger partial charge in [0, 0.05) is 0 Å². The molecule has 4 rings (SSSR count). The highest BCUT2D eigenvalue weighted by atomic mass is 16.6. The zero-order valence-corrected chi connectivity index (χ0v) is 11.1. The zero-order chi connectivity index (χ0) is 12.0. The van der Waals surface area contributed by atoms with Gasteiger partial charge in [0.2, 0.25) is 0 Å². The molecule has 0 spiro atoms. The molecule has 3 aliphatic heterocycles. The van der Waals surface area contributed by atoms with Crippen molar-refractivity contribution in [2.45, 2.75) is 63.3 Å². The van der Waals surface area contributed by atoms with E-state index in [1.54, 1.807) is 0 Å². The molecule has 0 radical (unpaired) electrons. The summed E-state index contributed by atoms with van der Waals surface area (Å²) in [5.74, 6) is 0.854. The van der Waals surface area contributed by atoms with Crippen LogP contribution in [-0.4, -0.2) is 38.1 Å². The van der Waals surface area contributed by atoms with Crippen LogP contribution in [0.3, 0.4) is 0 Å². The first kappa shape index (κ1) is 11.7. The highest BCUT2D eigenvalue weighted by Crippen LogP contribution is 2.53. The van der Waals surface area contributed by atoms with Crippen LogP contribution in [0.4, 0.5) is 0 Å². The molecule has 1 aliphatic carbocycles. The lowest BCUT2D eigenvalue weighted by atomic mass is 9.60. The van der Waals surface area contributed by atoms with Crippen LogP contribution in [0.15, 0.2) is 0 Å². The van der Waals surface area contributed by atoms with E-state index in [4.69, 9.17) is 14.2 Å². The Hall–Kier alpha value is -0.120. The third-order valence-electron chi connectivity index (χ3n) is 5.37. The standard InChI is InChI=1S/C15H24O3/c1-2-4-15(6-13-9-17-13,7-14-10-18-14)11(3-1)5-12-8-16-12/h11-14H,1-10H2. The lowest BCUT2D eigenvalue weighted by Crippen LogP contribution is -2.37. The predicted octanol–water partition coefficient (Wildman–Crippen LogP) is 2.53. The van der Waals surface area contributed by atoms with Crippen molar-refractivity contribution in [3.8, 4) is 0 Å². The molecule has 0 aromatic heterocycles. The summed E-state index contributed by atoms with van der Waals surface area (Å²) in [6, 6.07) is 0. The van der Waals surface area contributed by atoms with Gasteiger partial charge in [0.1, 0.15) is 0 Å². The quantitative estimate of drug-likeness (QED) is 0.682. The van der Waals surface area contributed by atoms with Crippen molar-refractivity contribution in [2.75, 3.05) is 19.8 Å². The highest BCUT2D eigenvalue weighted by molar-refractivity contribution is 4.98. The van der Waals surface area contributed by atoms with E-state index >= 15 is 0 Å². The number of rotatable bonds is 6. The molecule has 0 amide bonds. The number of epoxide rings is 3. The van der Waals surface area contributed by atoms with Crippen molar-refractivity contribution >= 4 is 0 Å². The van der Waals surface area contributed by atoms with Gasteiger partial charge in [-0.05, 0) is 43.4 Å². The molecule has 0 N–H and O–H groups in total. The van der Waals surface area contributed by atoms with E-state index in [0.717, 1.165) is 25.7 Å². The Morgan fingerprint density at radius 1 is 0.833 bits per heavy atom. The highest BCUT2D eigenvalue weighted by Gasteiger charge is 2.49. The van der Waals surface area contributed by atoms with Crippen molar-refractivity contribution in [2.24, 2.45) is 11.3 Å². The van der Waals surface area contributed by atoms with Gasteiger partial charge >= 0.3 is 0 Å². The van der Waals surface area contributed by atoms with E-state index in [2.05, 4.69) is 0 Å². The fourth-order valence-electron chi connectivity index (χ4n) is 4.17. The topological polar surface area (TPSA) is 37.6 Å². The van der Waals surface area contributed by atoms with E-state index in [0.29, 0.717) is 23.7 Å². The fraction of sp³-hybridized carbons (Fsp3) is 1.00. The Kier molecular flexibility index (Phi) is 2.90. The number of ether oxygens (including phenoxy) is 3. The zero-order valence-electron chi connectivity index (χ0n) is 11.1. The summed E-state index contributed by atoms with van der Waals surface area (Å²) in [4.78, 5) is 0. The summed E-state index contributed by atoms with van der Waals surface area (Å²) in [6.45, 7) is 3.01. The van der Waals surface area contributed by atoms with Crippen LogP contribution < -0.4 is 0 Å². The summed E-state index contributed by atoms with van der Waals surface area (Å²) in [5.41, 5.74) is 0.506. The molecule has 3 heteroatoms. The first-order valence-corrected chi connectivity index (χ1v) is 7.69. The molecule has 18 heavy (non-hydrogen) atoms. The summed E-state index contributed by atoms with van der Waals surface area (Å²) >= 11 is 0. The van der Waals surface area contributed by atoms with Gasteiger partial charge in [0.05, 0.1) is 38.1 Å². The van der Waals surface area contributed by atoms with Crippen LogP contribution in [0.1, 0.15) is 44.9 Å². The van der Waals surface area contributed by atoms with E-state index < -0.39 is 0 Å². The van der Waals surface area contributed by atoms with Crippen molar-refractivity contribution < 1.29 is 14.2 Å². The molecule has 1 saturated carbocycles. The van der Waals surface area contributed by atoms with Crippen LogP contribution in [-0.2, 0) is 14.2 Å². The monoisotopic (exact) mass is 252 g/mol. The van der Waals surface area contributed by atoms with Crippen molar-refractivity contribution in [1.29, 1.82) is 0 Å². The Balaban J connectivity index is 1.50. The third-order valence-corrected chi connectivity index (χ3v) is 5.37. The van der Waals surface area contributed by atoms with Crippen molar-refractivity contribution in [3.63, 3.8) is 0 Å². The predicted molar refractivity (Wildman–Crippen MR) is 67.5 cm³/mol. The number of hydrogen-bond donors (Lipinski definition) is 0. The number of hydrogen-bond acceptors (Lipinski definition) is 3. The second-order valence-electron chi connectivity index (χ2n) is 6.82. The van der Waals surface area contributed by atoms with E-state index in [9.17, 15) is 0 Å². The maximum Gasteiger partial charge on any atom is 0.0815 e. The largest absolute Gasteiger partial charge is 0.373 e. The Labute approximate surface area is 109 Å². The Morgan fingerprint density at radius 3 is 2.00 bits per heavy atom. The average molecular weight is 252 g/mol. The van der Waals surface area contributed by atoms with Gasteiger partial charge in [-0.1, -0.05) is 12.8 Å². The second kappa shape index (κ2) is 4.46. The minimum Gasteiger partial charge on any atom is -0.373 e. The molecule has 4 atom stereocenters. The van der Waals surface area contributed by atoms with Crippen molar-refractivity contribution in [1.82, 2.24) is 0 Å². The molecular formula is C15H24O3. The molecule has 3 nitrogen and oxygen atoms in total. The van der Waals surface area contributed by atoms with Gasteiger partial charge in [0.25, 0.3) is 0 Å². The SMILES string of the molecule is C1CCC(CC2CO2)(CC2CO2)C(CC2CO2)C1. The summed E-state index contributed by atoms with van der Waals surface area (Å²) in [6.07, 6.45) is 11.2. The van der Waals surface area contributed by atoms with Gasteiger partial charge in [-0.2, -0.15) is 0 Å². The van der Waals surface area contributed by atoms with Gasteiger partial charge in [-0.25, -0.2) is 0 Å². The summed E-state index contributed by atoms with van der Waals surface area (Å²) in [7, 11) is 0. The van der Waals surface area contributed by atoms with Gasteiger partial charge < -0.3 is 14.2 Å². The van der Waals surface area contributed by atoms with Gasteiger partial charge in [-0.15, -0.1) is 0 Å².